The van der Waals surface area contributed by atoms with Gasteiger partial charge in [0.15, 0.2) is 0 Å². The lowest BCUT2D eigenvalue weighted by Crippen LogP contribution is -2.22. The lowest BCUT2D eigenvalue weighted by molar-refractivity contribution is 0.944. The molecule has 0 bridgehead atoms. The summed E-state index contributed by atoms with van der Waals surface area (Å²) in [5, 5.41) is 2.90. The molecule has 0 atom stereocenters. The van der Waals surface area contributed by atoms with Gasteiger partial charge in [0.25, 0.3) is 5.56 Å². The summed E-state index contributed by atoms with van der Waals surface area (Å²) in [6.07, 6.45) is 3.89. The fourth-order valence-electron chi connectivity index (χ4n) is 4.44. The number of para-hydroxylation sites is 2. The molecule has 0 radical (unpaired) electrons. The molecule has 6 heteroatoms. The summed E-state index contributed by atoms with van der Waals surface area (Å²) in [4.78, 5) is 21.9. The molecule has 0 fully saturated rings. The fourth-order valence-corrected chi connectivity index (χ4v) is 4.69. The standard InChI is InChI=1S/C30H19Cl2N3O/c31-20-11-9-19(10-12-20)29-24(23-5-1-3-7-26(23)34-29)17-18-28-33-27-8-4-2-6-25(27)30(36)35(28)22-15-13-21(32)14-16-22/h1-18,34H/b18-17+. The summed E-state index contributed by atoms with van der Waals surface area (Å²) in [5.74, 6) is 0.522. The van der Waals surface area contributed by atoms with Gasteiger partial charge < -0.3 is 4.98 Å². The van der Waals surface area contributed by atoms with Gasteiger partial charge in [-0.25, -0.2) is 4.98 Å². The van der Waals surface area contributed by atoms with E-state index in [9.17, 15) is 4.79 Å². The van der Waals surface area contributed by atoms with Crippen LogP contribution in [0.5, 0.6) is 0 Å². The summed E-state index contributed by atoms with van der Waals surface area (Å²) >= 11 is 12.2. The van der Waals surface area contributed by atoms with Gasteiger partial charge >= 0.3 is 0 Å². The van der Waals surface area contributed by atoms with Gasteiger partial charge in [-0.15, -0.1) is 0 Å². The maximum atomic E-state index is 13.6. The number of nitrogens with one attached hydrogen (secondary N) is 1. The lowest BCUT2D eigenvalue weighted by Gasteiger charge is -2.11. The van der Waals surface area contributed by atoms with E-state index in [1.54, 1.807) is 22.8 Å². The van der Waals surface area contributed by atoms with Gasteiger partial charge in [0.2, 0.25) is 0 Å². The van der Waals surface area contributed by atoms with Crippen LogP contribution in [-0.2, 0) is 0 Å². The van der Waals surface area contributed by atoms with Gasteiger partial charge in [-0.2, -0.15) is 0 Å². The Morgan fingerprint density at radius 2 is 1.36 bits per heavy atom. The van der Waals surface area contributed by atoms with Crippen molar-refractivity contribution in [2.24, 2.45) is 0 Å². The second-order valence-corrected chi connectivity index (χ2v) is 9.28. The SMILES string of the molecule is O=c1c2ccccc2nc(/C=C/c2c(-c3ccc(Cl)cc3)[nH]c3ccccc23)n1-c1ccc(Cl)cc1. The Hall–Kier alpha value is -4.12. The van der Waals surface area contributed by atoms with Crippen molar-refractivity contribution in [1.82, 2.24) is 14.5 Å². The highest BCUT2D eigenvalue weighted by Crippen LogP contribution is 2.32. The van der Waals surface area contributed by atoms with Gasteiger partial charge in [0, 0.05) is 26.5 Å². The van der Waals surface area contributed by atoms with E-state index in [1.807, 2.05) is 84.9 Å². The maximum absolute atomic E-state index is 13.6. The molecule has 6 rings (SSSR count). The molecule has 2 aromatic heterocycles. The fraction of sp³-hybridized carbons (Fsp3) is 0. The highest BCUT2D eigenvalue weighted by molar-refractivity contribution is 6.30. The molecule has 0 aliphatic rings. The van der Waals surface area contributed by atoms with Crippen LogP contribution in [0.2, 0.25) is 10.0 Å². The summed E-state index contributed by atoms with van der Waals surface area (Å²) < 4.78 is 1.62. The Morgan fingerprint density at radius 3 is 2.11 bits per heavy atom. The number of fused-ring (bicyclic) bond motifs is 2. The molecule has 6 aromatic rings. The molecule has 0 saturated heterocycles. The Morgan fingerprint density at radius 1 is 0.722 bits per heavy atom. The van der Waals surface area contributed by atoms with E-state index < -0.39 is 0 Å². The molecule has 1 N–H and O–H groups in total. The van der Waals surface area contributed by atoms with Crippen LogP contribution in [0, 0.1) is 0 Å². The molecule has 0 amide bonds. The number of hydrogen-bond donors (Lipinski definition) is 1. The van der Waals surface area contributed by atoms with Gasteiger partial charge in [-0.05, 0) is 72.3 Å². The topological polar surface area (TPSA) is 50.7 Å². The highest BCUT2D eigenvalue weighted by atomic mass is 35.5. The lowest BCUT2D eigenvalue weighted by atomic mass is 10.0. The van der Waals surface area contributed by atoms with Crippen LogP contribution in [0.3, 0.4) is 0 Å². The van der Waals surface area contributed by atoms with E-state index in [4.69, 9.17) is 28.2 Å². The third-order valence-corrected chi connectivity index (χ3v) is 6.67. The van der Waals surface area contributed by atoms with Gasteiger partial charge in [-0.1, -0.05) is 65.7 Å². The molecule has 0 unspecified atom stereocenters. The Labute approximate surface area is 217 Å². The average molecular weight is 508 g/mol. The minimum atomic E-state index is -0.139. The first kappa shape index (κ1) is 22.4. The quantitative estimate of drug-likeness (QED) is 0.262. The normalized spacial score (nSPS) is 11.6. The molecule has 0 aliphatic carbocycles. The number of rotatable bonds is 4. The predicted molar refractivity (Wildman–Crippen MR) is 150 cm³/mol. The predicted octanol–water partition coefficient (Wildman–Crippen LogP) is 8.01. The average Bonchev–Trinajstić information content (AvgIpc) is 3.27. The monoisotopic (exact) mass is 507 g/mol. The van der Waals surface area contributed by atoms with Crippen LogP contribution >= 0.6 is 23.2 Å². The van der Waals surface area contributed by atoms with Gasteiger partial charge in [-0.3, -0.25) is 9.36 Å². The second-order valence-electron chi connectivity index (χ2n) is 8.40. The highest BCUT2D eigenvalue weighted by Gasteiger charge is 2.14. The van der Waals surface area contributed by atoms with Crippen molar-refractivity contribution in [2.75, 3.05) is 0 Å². The zero-order valence-corrected chi connectivity index (χ0v) is 20.5. The first-order valence-corrected chi connectivity index (χ1v) is 12.2. The minimum absolute atomic E-state index is 0.139. The number of aromatic amines is 1. The molecule has 0 spiro atoms. The minimum Gasteiger partial charge on any atom is -0.354 e. The molecule has 0 aliphatic heterocycles. The Kier molecular flexibility index (Phi) is 5.68. The van der Waals surface area contributed by atoms with E-state index in [0.717, 1.165) is 27.7 Å². The van der Waals surface area contributed by atoms with E-state index in [1.165, 1.54) is 0 Å². The second kappa shape index (κ2) is 9.15. The Bertz CT molecular complexity index is 1810. The van der Waals surface area contributed by atoms with Crippen LogP contribution in [0.4, 0.5) is 0 Å². The van der Waals surface area contributed by atoms with Crippen molar-refractivity contribution in [1.29, 1.82) is 0 Å². The summed E-state index contributed by atoms with van der Waals surface area (Å²) in [6.45, 7) is 0. The smallest absolute Gasteiger partial charge is 0.266 e. The Balaban J connectivity index is 1.58. The molecule has 4 nitrogen and oxygen atoms in total. The first-order chi connectivity index (χ1) is 17.6. The van der Waals surface area contributed by atoms with E-state index >= 15 is 0 Å². The number of halogens is 2. The zero-order valence-electron chi connectivity index (χ0n) is 19.0. The van der Waals surface area contributed by atoms with Crippen LogP contribution < -0.4 is 5.56 Å². The van der Waals surface area contributed by atoms with Crippen LogP contribution in [-0.4, -0.2) is 14.5 Å². The van der Waals surface area contributed by atoms with Crippen molar-refractivity contribution in [3.05, 3.63) is 129 Å². The van der Waals surface area contributed by atoms with Crippen molar-refractivity contribution in [2.45, 2.75) is 0 Å². The van der Waals surface area contributed by atoms with Crippen molar-refractivity contribution in [3.63, 3.8) is 0 Å². The van der Waals surface area contributed by atoms with Crippen molar-refractivity contribution >= 4 is 57.2 Å². The zero-order chi connectivity index (χ0) is 24.6. The maximum Gasteiger partial charge on any atom is 0.266 e. The van der Waals surface area contributed by atoms with Crippen LogP contribution in [0.1, 0.15) is 11.4 Å². The van der Waals surface area contributed by atoms with Crippen LogP contribution in [0.15, 0.2) is 102 Å². The summed E-state index contributed by atoms with van der Waals surface area (Å²) in [5.41, 5.74) is 5.19. The number of aromatic nitrogens is 3. The number of hydrogen-bond acceptors (Lipinski definition) is 2. The molecule has 36 heavy (non-hydrogen) atoms. The molecular weight excluding hydrogens is 489 g/mol. The molecule has 2 heterocycles. The number of nitrogens with zero attached hydrogens (tertiary/aromatic N) is 2. The van der Waals surface area contributed by atoms with Crippen molar-refractivity contribution < 1.29 is 0 Å². The summed E-state index contributed by atoms with van der Waals surface area (Å²) in [7, 11) is 0. The molecular formula is C30H19Cl2N3O. The third kappa shape index (κ3) is 4.01. The number of H-pyrrole nitrogens is 1. The molecule has 0 saturated carbocycles. The van der Waals surface area contributed by atoms with Crippen LogP contribution in [0.25, 0.3) is 50.9 Å². The van der Waals surface area contributed by atoms with E-state index in [0.29, 0.717) is 32.5 Å². The van der Waals surface area contributed by atoms with E-state index in [-0.39, 0.29) is 5.56 Å². The molecule has 174 valence electrons. The van der Waals surface area contributed by atoms with E-state index in [2.05, 4.69) is 11.1 Å². The first-order valence-electron chi connectivity index (χ1n) is 11.4. The third-order valence-electron chi connectivity index (χ3n) is 6.16. The van der Waals surface area contributed by atoms with Gasteiger partial charge in [0.1, 0.15) is 5.82 Å². The summed E-state index contributed by atoms with van der Waals surface area (Å²) in [6, 6.07) is 30.4. The largest absolute Gasteiger partial charge is 0.354 e. The van der Waals surface area contributed by atoms with Crippen molar-refractivity contribution in [3.8, 4) is 16.9 Å². The molecule has 4 aromatic carbocycles. The number of benzene rings is 4. The van der Waals surface area contributed by atoms with Gasteiger partial charge in [0.05, 0.1) is 22.3 Å².